The molecule has 1 aromatic rings. The molecule has 0 N–H and O–H groups in total. The maximum atomic E-state index is 13.1. The molecule has 1 heterocycles. The Hall–Kier alpha value is -0.950. The van der Waals surface area contributed by atoms with E-state index in [1.807, 2.05) is 0 Å². The highest BCUT2D eigenvalue weighted by Crippen LogP contribution is 2.32. The number of ketones is 1. The van der Waals surface area contributed by atoms with Crippen molar-refractivity contribution in [2.24, 2.45) is 0 Å². The average molecular weight is 360 g/mol. The Morgan fingerprint density at radius 2 is 1.87 bits per heavy atom. The molecule has 1 fully saturated rings. The van der Waals surface area contributed by atoms with Gasteiger partial charge in [-0.2, -0.15) is 4.31 Å². The number of sulfonamides is 1. The van der Waals surface area contributed by atoms with Crippen molar-refractivity contribution in [3.8, 4) is 0 Å². The fourth-order valence-corrected chi connectivity index (χ4v) is 5.12. The van der Waals surface area contributed by atoms with Gasteiger partial charge < -0.3 is 4.74 Å². The van der Waals surface area contributed by atoms with Gasteiger partial charge in [-0.25, -0.2) is 8.42 Å². The molecule has 0 amide bonds. The third-order valence-corrected chi connectivity index (χ3v) is 6.34. The highest BCUT2D eigenvalue weighted by Gasteiger charge is 2.40. The molecule has 23 heavy (non-hydrogen) atoms. The summed E-state index contributed by atoms with van der Waals surface area (Å²) < 4.78 is 32.9. The third kappa shape index (κ3) is 4.32. The number of benzene rings is 1. The molecule has 1 aliphatic heterocycles. The second-order valence-electron chi connectivity index (χ2n) is 5.89. The van der Waals surface area contributed by atoms with Crippen LogP contribution < -0.4 is 0 Å². The van der Waals surface area contributed by atoms with E-state index in [2.05, 4.69) is 0 Å². The smallest absolute Gasteiger partial charge is 0.243 e. The van der Waals surface area contributed by atoms with E-state index in [4.69, 9.17) is 16.3 Å². The van der Waals surface area contributed by atoms with E-state index in [1.165, 1.54) is 23.4 Å². The van der Waals surface area contributed by atoms with Gasteiger partial charge in [0.2, 0.25) is 10.0 Å². The molecular weight excluding hydrogens is 338 g/mol. The number of rotatable bonds is 6. The zero-order valence-corrected chi connectivity index (χ0v) is 14.9. The lowest BCUT2D eigenvalue weighted by atomic mass is 9.95. The van der Waals surface area contributed by atoms with Crippen molar-refractivity contribution in [2.45, 2.75) is 49.6 Å². The fraction of sp³-hybridized carbons (Fsp3) is 0.562. The molecule has 128 valence electrons. The van der Waals surface area contributed by atoms with E-state index in [0.29, 0.717) is 18.1 Å². The van der Waals surface area contributed by atoms with Crippen molar-refractivity contribution in [2.75, 3.05) is 13.7 Å². The van der Waals surface area contributed by atoms with Crippen LogP contribution in [0.3, 0.4) is 0 Å². The Balaban J connectivity index is 2.41. The zero-order chi connectivity index (χ0) is 17.0. The minimum atomic E-state index is -3.70. The SMILES string of the molecule is COCC1CCCC(CC(C)=O)N1S(=O)(=O)c1ccc(Cl)cc1. The Morgan fingerprint density at radius 1 is 1.26 bits per heavy atom. The van der Waals surface area contributed by atoms with E-state index in [1.54, 1.807) is 19.2 Å². The van der Waals surface area contributed by atoms with E-state index < -0.39 is 10.0 Å². The lowest BCUT2D eigenvalue weighted by molar-refractivity contribution is -0.118. The van der Waals surface area contributed by atoms with Gasteiger partial charge in [-0.1, -0.05) is 18.0 Å². The minimum absolute atomic E-state index is 0.00984. The first-order valence-electron chi connectivity index (χ1n) is 7.63. The predicted octanol–water partition coefficient (Wildman–Crippen LogP) is 2.88. The van der Waals surface area contributed by atoms with Crippen LogP contribution in [0.1, 0.15) is 32.6 Å². The average Bonchev–Trinajstić information content (AvgIpc) is 2.47. The van der Waals surface area contributed by atoms with Crippen LogP contribution >= 0.6 is 11.6 Å². The van der Waals surface area contributed by atoms with Gasteiger partial charge in [-0.15, -0.1) is 0 Å². The summed E-state index contributed by atoms with van der Waals surface area (Å²) in [7, 11) is -2.15. The molecule has 5 nitrogen and oxygen atoms in total. The van der Waals surface area contributed by atoms with Crippen LogP contribution in [0.4, 0.5) is 0 Å². The van der Waals surface area contributed by atoms with Gasteiger partial charge in [0.1, 0.15) is 5.78 Å². The maximum Gasteiger partial charge on any atom is 0.243 e. The number of ether oxygens (including phenoxy) is 1. The second-order valence-corrected chi connectivity index (χ2v) is 8.17. The molecule has 0 radical (unpaired) electrons. The van der Waals surface area contributed by atoms with Gasteiger partial charge in [-0.05, 0) is 44.0 Å². The van der Waals surface area contributed by atoms with Gasteiger partial charge in [0.25, 0.3) is 0 Å². The molecular formula is C16H22ClNO4S. The summed E-state index contributed by atoms with van der Waals surface area (Å²) in [6, 6.07) is 5.55. The van der Waals surface area contributed by atoms with Crippen LogP contribution in [0.5, 0.6) is 0 Å². The van der Waals surface area contributed by atoms with Gasteiger partial charge in [0.05, 0.1) is 11.5 Å². The number of methoxy groups -OCH3 is 1. The number of carbonyl (C=O) groups excluding carboxylic acids is 1. The lowest BCUT2D eigenvalue weighted by Gasteiger charge is -2.40. The first-order valence-corrected chi connectivity index (χ1v) is 9.45. The highest BCUT2D eigenvalue weighted by molar-refractivity contribution is 7.89. The molecule has 1 aromatic carbocycles. The summed E-state index contributed by atoms with van der Waals surface area (Å²) in [5, 5.41) is 0.483. The number of carbonyl (C=O) groups is 1. The second kappa shape index (κ2) is 7.75. The number of piperidine rings is 1. The van der Waals surface area contributed by atoms with Crippen molar-refractivity contribution in [1.29, 1.82) is 0 Å². The van der Waals surface area contributed by atoms with Crippen molar-refractivity contribution in [3.05, 3.63) is 29.3 Å². The Kier molecular flexibility index (Phi) is 6.19. The van der Waals surface area contributed by atoms with Gasteiger partial charge >= 0.3 is 0 Å². The van der Waals surface area contributed by atoms with E-state index in [0.717, 1.165) is 12.8 Å². The molecule has 0 aromatic heterocycles. The first-order chi connectivity index (χ1) is 10.9. The Bertz CT molecular complexity index is 643. The van der Waals surface area contributed by atoms with Gasteiger partial charge in [0.15, 0.2) is 0 Å². The largest absolute Gasteiger partial charge is 0.383 e. The number of hydrogen-bond donors (Lipinski definition) is 0. The summed E-state index contributed by atoms with van der Waals surface area (Å²) in [6.45, 7) is 1.81. The van der Waals surface area contributed by atoms with Crippen LogP contribution in [-0.4, -0.2) is 44.3 Å². The summed E-state index contributed by atoms with van der Waals surface area (Å²) in [5.74, 6) is -0.00984. The highest BCUT2D eigenvalue weighted by atomic mass is 35.5. The van der Waals surface area contributed by atoms with E-state index in [9.17, 15) is 13.2 Å². The minimum Gasteiger partial charge on any atom is -0.383 e. The van der Waals surface area contributed by atoms with Crippen LogP contribution in [0, 0.1) is 0 Å². The van der Waals surface area contributed by atoms with Crippen molar-refractivity contribution in [3.63, 3.8) is 0 Å². The van der Waals surface area contributed by atoms with Crippen LogP contribution in [0.15, 0.2) is 29.2 Å². The Labute approximate surface area is 142 Å². The molecule has 0 spiro atoms. The molecule has 2 unspecified atom stereocenters. The van der Waals surface area contributed by atoms with Crippen LogP contribution in [-0.2, 0) is 19.6 Å². The van der Waals surface area contributed by atoms with Crippen LogP contribution in [0.25, 0.3) is 0 Å². The number of halogens is 1. The molecule has 0 aliphatic carbocycles. The number of nitrogens with zero attached hydrogens (tertiary/aromatic N) is 1. The summed E-state index contributed by atoms with van der Waals surface area (Å²) in [6.07, 6.45) is 2.54. The van der Waals surface area contributed by atoms with Crippen molar-refractivity contribution >= 4 is 27.4 Å². The fourth-order valence-electron chi connectivity index (χ4n) is 3.14. The van der Waals surface area contributed by atoms with Crippen LogP contribution in [0.2, 0.25) is 5.02 Å². The quantitative estimate of drug-likeness (QED) is 0.783. The van der Waals surface area contributed by atoms with Gasteiger partial charge in [-0.3, -0.25) is 4.79 Å². The van der Waals surface area contributed by atoms with Gasteiger partial charge in [0, 0.05) is 30.6 Å². The molecule has 7 heteroatoms. The predicted molar refractivity (Wildman–Crippen MR) is 89.1 cm³/mol. The topological polar surface area (TPSA) is 63.7 Å². The molecule has 0 bridgehead atoms. The molecule has 2 rings (SSSR count). The summed E-state index contributed by atoms with van der Waals surface area (Å²) in [5.41, 5.74) is 0. The van der Waals surface area contributed by atoms with Crippen molar-refractivity contribution < 1.29 is 17.9 Å². The monoisotopic (exact) mass is 359 g/mol. The third-order valence-electron chi connectivity index (χ3n) is 4.07. The summed E-state index contributed by atoms with van der Waals surface area (Å²) in [4.78, 5) is 11.8. The van der Waals surface area contributed by atoms with E-state index in [-0.39, 0.29) is 29.2 Å². The lowest BCUT2D eigenvalue weighted by Crippen LogP contribution is -2.52. The maximum absolute atomic E-state index is 13.1. The summed E-state index contributed by atoms with van der Waals surface area (Å²) >= 11 is 5.85. The Morgan fingerprint density at radius 3 is 2.43 bits per heavy atom. The number of hydrogen-bond acceptors (Lipinski definition) is 4. The standard InChI is InChI=1S/C16H22ClNO4S/c1-12(19)10-14-4-3-5-15(11-22-2)18(14)23(20,21)16-8-6-13(17)7-9-16/h6-9,14-15H,3-5,10-11H2,1-2H3. The molecule has 0 saturated carbocycles. The van der Waals surface area contributed by atoms with Crippen molar-refractivity contribution in [1.82, 2.24) is 4.31 Å². The molecule has 2 atom stereocenters. The van der Waals surface area contributed by atoms with E-state index >= 15 is 0 Å². The molecule has 1 aliphatic rings. The zero-order valence-electron chi connectivity index (χ0n) is 13.4. The molecule has 1 saturated heterocycles. The normalized spacial score (nSPS) is 22.9. The first kappa shape index (κ1) is 18.4. The number of Topliss-reactive ketones (excluding diaryl/α,β-unsaturated/α-hetero) is 1.